The fourth-order valence-electron chi connectivity index (χ4n) is 3.52. The quantitative estimate of drug-likeness (QED) is 0.611. The molecule has 2 aliphatic rings. The lowest BCUT2D eigenvalue weighted by Gasteiger charge is -2.34. The first-order valence-corrected chi connectivity index (χ1v) is 8.75. The van der Waals surface area contributed by atoms with E-state index in [0.717, 1.165) is 52.2 Å². The van der Waals surface area contributed by atoms with Gasteiger partial charge < -0.3 is 10.1 Å². The van der Waals surface area contributed by atoms with E-state index in [1.165, 1.54) is 12.1 Å². The molecule has 0 aromatic rings. The van der Waals surface area contributed by atoms with Crippen molar-refractivity contribution in [1.82, 2.24) is 15.6 Å². The minimum absolute atomic E-state index is 0.351. The molecule has 1 saturated carbocycles. The average molecular weight is 327 g/mol. The molecule has 0 spiro atoms. The maximum Gasteiger partial charge on any atom is 0.186 e. The largest absolute Gasteiger partial charge is 0.379 e. The van der Waals surface area contributed by atoms with E-state index in [4.69, 9.17) is 17.0 Å². The zero-order chi connectivity index (χ0) is 16.0. The van der Waals surface area contributed by atoms with E-state index in [1.807, 2.05) is 0 Å². The van der Waals surface area contributed by atoms with E-state index in [1.54, 1.807) is 0 Å². The molecule has 2 N–H and O–H groups in total. The second-order valence-electron chi connectivity index (χ2n) is 7.35. The third kappa shape index (κ3) is 6.18. The SMILES string of the molecule is C[C@H]1C/C(=N/NC(=S)NCCN2CCOCC2)CC(C)(C)C1. The maximum absolute atomic E-state index is 5.34. The molecule has 1 aliphatic carbocycles. The van der Waals surface area contributed by atoms with Crippen molar-refractivity contribution < 1.29 is 4.74 Å². The number of rotatable bonds is 4. The summed E-state index contributed by atoms with van der Waals surface area (Å²) in [5, 5.41) is 8.38. The Morgan fingerprint density at radius 3 is 2.82 bits per heavy atom. The topological polar surface area (TPSA) is 48.9 Å². The van der Waals surface area contributed by atoms with Gasteiger partial charge in [-0.1, -0.05) is 20.8 Å². The maximum atomic E-state index is 5.34. The zero-order valence-electron chi connectivity index (χ0n) is 14.2. The highest BCUT2D eigenvalue weighted by molar-refractivity contribution is 7.80. The summed E-state index contributed by atoms with van der Waals surface area (Å²) >= 11 is 5.30. The van der Waals surface area contributed by atoms with Gasteiger partial charge in [0.2, 0.25) is 0 Å². The minimum Gasteiger partial charge on any atom is -0.379 e. The van der Waals surface area contributed by atoms with Crippen LogP contribution in [0, 0.1) is 11.3 Å². The second kappa shape index (κ2) is 8.22. The monoisotopic (exact) mass is 326 g/mol. The molecule has 126 valence electrons. The molecule has 1 saturated heterocycles. The van der Waals surface area contributed by atoms with Crippen LogP contribution in [0.2, 0.25) is 0 Å². The summed E-state index contributed by atoms with van der Waals surface area (Å²) < 4.78 is 5.34. The number of nitrogens with one attached hydrogen (secondary N) is 2. The van der Waals surface area contributed by atoms with Crippen LogP contribution in [-0.2, 0) is 4.74 Å². The van der Waals surface area contributed by atoms with Crippen molar-refractivity contribution in [2.75, 3.05) is 39.4 Å². The molecule has 6 heteroatoms. The molecule has 5 nitrogen and oxygen atoms in total. The number of hydrogen-bond acceptors (Lipinski definition) is 4. The van der Waals surface area contributed by atoms with Crippen LogP contribution < -0.4 is 10.7 Å². The van der Waals surface area contributed by atoms with Crippen molar-refractivity contribution in [2.45, 2.75) is 40.0 Å². The molecule has 0 aromatic carbocycles. The Balaban J connectivity index is 1.67. The Bertz CT molecular complexity index is 405. The van der Waals surface area contributed by atoms with Crippen molar-refractivity contribution in [3.05, 3.63) is 0 Å². The van der Waals surface area contributed by atoms with Gasteiger partial charge in [0.1, 0.15) is 0 Å². The van der Waals surface area contributed by atoms with Crippen molar-refractivity contribution in [1.29, 1.82) is 0 Å². The Labute approximate surface area is 139 Å². The fourth-order valence-corrected chi connectivity index (χ4v) is 3.67. The summed E-state index contributed by atoms with van der Waals surface area (Å²) in [6.07, 6.45) is 3.40. The molecule has 0 aromatic heterocycles. The van der Waals surface area contributed by atoms with E-state index >= 15 is 0 Å². The van der Waals surface area contributed by atoms with Crippen LogP contribution in [0.15, 0.2) is 5.10 Å². The van der Waals surface area contributed by atoms with Crippen LogP contribution in [0.25, 0.3) is 0 Å². The normalized spacial score (nSPS) is 27.6. The first-order valence-electron chi connectivity index (χ1n) is 8.34. The van der Waals surface area contributed by atoms with Gasteiger partial charge in [0, 0.05) is 31.9 Å². The molecule has 1 aliphatic heterocycles. The molecule has 2 fully saturated rings. The van der Waals surface area contributed by atoms with Gasteiger partial charge in [-0.05, 0) is 42.8 Å². The average Bonchev–Trinajstić information content (AvgIpc) is 2.44. The predicted molar refractivity (Wildman–Crippen MR) is 95.2 cm³/mol. The number of hydrogen-bond donors (Lipinski definition) is 2. The summed E-state index contributed by atoms with van der Waals surface area (Å²) in [4.78, 5) is 2.39. The van der Waals surface area contributed by atoms with Crippen molar-refractivity contribution >= 4 is 23.0 Å². The smallest absolute Gasteiger partial charge is 0.186 e. The van der Waals surface area contributed by atoms with E-state index in [-0.39, 0.29) is 0 Å². The molecular weight excluding hydrogens is 296 g/mol. The first-order chi connectivity index (χ1) is 10.4. The molecule has 1 atom stereocenters. The van der Waals surface area contributed by atoms with Crippen molar-refractivity contribution in [3.8, 4) is 0 Å². The van der Waals surface area contributed by atoms with Gasteiger partial charge in [-0.2, -0.15) is 5.10 Å². The molecule has 22 heavy (non-hydrogen) atoms. The third-order valence-corrected chi connectivity index (χ3v) is 4.54. The number of ether oxygens (including phenoxy) is 1. The van der Waals surface area contributed by atoms with E-state index in [2.05, 4.69) is 41.5 Å². The number of nitrogens with zero attached hydrogens (tertiary/aromatic N) is 2. The summed E-state index contributed by atoms with van der Waals surface area (Å²) in [6.45, 7) is 12.5. The summed E-state index contributed by atoms with van der Waals surface area (Å²) in [6, 6.07) is 0. The molecule has 0 bridgehead atoms. The third-order valence-electron chi connectivity index (χ3n) is 4.30. The lowest BCUT2D eigenvalue weighted by atomic mass is 9.72. The highest BCUT2D eigenvalue weighted by Crippen LogP contribution is 2.36. The number of morpholine rings is 1. The second-order valence-corrected chi connectivity index (χ2v) is 7.76. The zero-order valence-corrected chi connectivity index (χ0v) is 15.0. The van der Waals surface area contributed by atoms with Gasteiger partial charge >= 0.3 is 0 Å². The Kier molecular flexibility index (Phi) is 6.59. The molecular formula is C16H30N4OS. The molecule has 1 heterocycles. The van der Waals surface area contributed by atoms with Gasteiger partial charge in [-0.3, -0.25) is 10.3 Å². The molecule has 2 rings (SSSR count). The number of hydrazone groups is 1. The van der Waals surface area contributed by atoms with Crippen LogP contribution in [0.1, 0.15) is 40.0 Å². The highest BCUT2D eigenvalue weighted by atomic mass is 32.1. The summed E-state index contributed by atoms with van der Waals surface area (Å²) in [5.74, 6) is 0.701. The minimum atomic E-state index is 0.351. The molecule has 0 amide bonds. The van der Waals surface area contributed by atoms with Gasteiger partial charge in [0.15, 0.2) is 5.11 Å². The standard InChI is InChI=1S/C16H30N4OS/c1-13-10-14(12-16(2,3)11-13)18-19-15(22)17-4-5-20-6-8-21-9-7-20/h13H,4-12H2,1-3H3,(H2,17,19,22)/b18-14-/t13-/m0/s1. The van der Waals surface area contributed by atoms with Crippen molar-refractivity contribution in [2.24, 2.45) is 16.4 Å². The fraction of sp³-hybridized carbons (Fsp3) is 0.875. The van der Waals surface area contributed by atoms with Gasteiger partial charge in [0.25, 0.3) is 0 Å². The first kappa shape index (κ1) is 17.6. The lowest BCUT2D eigenvalue weighted by Crippen LogP contribution is -2.43. The van der Waals surface area contributed by atoms with Gasteiger partial charge in [-0.25, -0.2) is 0 Å². The predicted octanol–water partition coefficient (Wildman–Crippen LogP) is 1.98. The molecule has 0 radical (unpaired) electrons. The van der Waals surface area contributed by atoms with Crippen LogP contribution >= 0.6 is 12.2 Å². The Morgan fingerprint density at radius 1 is 1.41 bits per heavy atom. The van der Waals surface area contributed by atoms with Crippen LogP contribution in [0.5, 0.6) is 0 Å². The van der Waals surface area contributed by atoms with Crippen LogP contribution in [-0.4, -0.2) is 55.1 Å². The van der Waals surface area contributed by atoms with E-state index in [9.17, 15) is 0 Å². The summed E-state index contributed by atoms with van der Waals surface area (Å²) in [7, 11) is 0. The lowest BCUT2D eigenvalue weighted by molar-refractivity contribution is 0.0389. The van der Waals surface area contributed by atoms with Crippen molar-refractivity contribution in [3.63, 3.8) is 0 Å². The van der Waals surface area contributed by atoms with Crippen LogP contribution in [0.4, 0.5) is 0 Å². The highest BCUT2D eigenvalue weighted by Gasteiger charge is 2.29. The van der Waals surface area contributed by atoms with E-state index in [0.29, 0.717) is 16.4 Å². The van der Waals surface area contributed by atoms with Gasteiger partial charge in [0.05, 0.1) is 13.2 Å². The Hall–Kier alpha value is -0.720. The van der Waals surface area contributed by atoms with Gasteiger partial charge in [-0.15, -0.1) is 0 Å². The summed E-state index contributed by atoms with van der Waals surface area (Å²) in [5.41, 5.74) is 4.60. The molecule has 0 unspecified atom stereocenters. The number of thiocarbonyl (C=S) groups is 1. The van der Waals surface area contributed by atoms with Crippen LogP contribution in [0.3, 0.4) is 0 Å². The van der Waals surface area contributed by atoms with E-state index < -0.39 is 0 Å². The Morgan fingerprint density at radius 2 is 2.14 bits per heavy atom.